The molecule has 1 aliphatic heterocycles. The van der Waals surface area contributed by atoms with Gasteiger partial charge >= 0.3 is 0 Å². The number of likely N-dealkylation sites (N-methyl/N-ethyl adjacent to an activating group) is 1. The van der Waals surface area contributed by atoms with E-state index in [2.05, 4.69) is 36.2 Å². The van der Waals surface area contributed by atoms with Gasteiger partial charge < -0.3 is 10.2 Å². The van der Waals surface area contributed by atoms with Gasteiger partial charge in [-0.1, -0.05) is 11.8 Å². The summed E-state index contributed by atoms with van der Waals surface area (Å²) < 4.78 is 0. The lowest BCUT2D eigenvalue weighted by atomic mass is 10.3. The van der Waals surface area contributed by atoms with E-state index in [9.17, 15) is 0 Å². The van der Waals surface area contributed by atoms with E-state index in [-0.39, 0.29) is 0 Å². The van der Waals surface area contributed by atoms with Crippen molar-refractivity contribution in [2.24, 2.45) is 10.9 Å². The van der Waals surface area contributed by atoms with Crippen LogP contribution in [0.15, 0.2) is 4.99 Å². The molecule has 0 aromatic heterocycles. The first kappa shape index (κ1) is 11.3. The van der Waals surface area contributed by atoms with Gasteiger partial charge in [0.2, 0.25) is 0 Å². The first-order chi connectivity index (χ1) is 7.16. The lowest BCUT2D eigenvalue weighted by molar-refractivity contribution is 0.313. The average Bonchev–Trinajstić information content (AvgIpc) is 2.95. The molecule has 2 rings (SSSR count). The Bertz CT molecular complexity index is 248. The zero-order valence-corrected chi connectivity index (χ0v) is 10.7. The molecule has 3 nitrogen and oxygen atoms in total. The van der Waals surface area contributed by atoms with E-state index in [0.717, 1.165) is 24.3 Å². The smallest absolute Gasteiger partial charge is 0.156 e. The molecule has 1 fully saturated rings. The first-order valence-electron chi connectivity index (χ1n) is 5.78. The normalized spacial score (nSPS) is 28.0. The maximum absolute atomic E-state index is 4.56. The molecule has 2 unspecified atom stereocenters. The molecular weight excluding hydrogens is 206 g/mol. The van der Waals surface area contributed by atoms with Crippen molar-refractivity contribution in [2.45, 2.75) is 31.1 Å². The molecular formula is C11H21N3S. The summed E-state index contributed by atoms with van der Waals surface area (Å²) in [7, 11) is 4.23. The van der Waals surface area contributed by atoms with Gasteiger partial charge in [0.05, 0.1) is 6.54 Å². The highest BCUT2D eigenvalue weighted by Gasteiger charge is 2.35. The molecule has 0 spiro atoms. The Hall–Kier alpha value is -0.220. The summed E-state index contributed by atoms with van der Waals surface area (Å²) in [5.41, 5.74) is 0. The minimum atomic E-state index is 0.563. The standard InChI is InChI=1S/C11H21N3S/c1-8(14(2)3)6-12-11-13-7-10(15-11)9-4-5-9/h8-10H,4-7H2,1-3H3,(H,12,13). The molecule has 15 heavy (non-hydrogen) atoms. The van der Waals surface area contributed by atoms with Crippen LogP contribution in [0.1, 0.15) is 19.8 Å². The quantitative estimate of drug-likeness (QED) is 0.787. The predicted molar refractivity (Wildman–Crippen MR) is 67.6 cm³/mol. The Morgan fingerprint density at radius 3 is 2.87 bits per heavy atom. The minimum absolute atomic E-state index is 0.563. The van der Waals surface area contributed by atoms with Gasteiger partial charge in [-0.2, -0.15) is 0 Å². The van der Waals surface area contributed by atoms with Crippen LogP contribution in [0, 0.1) is 5.92 Å². The fourth-order valence-corrected chi connectivity index (χ4v) is 2.84. The van der Waals surface area contributed by atoms with Crippen LogP contribution >= 0.6 is 11.8 Å². The maximum atomic E-state index is 4.56. The molecule has 4 heteroatoms. The molecule has 1 saturated carbocycles. The monoisotopic (exact) mass is 227 g/mol. The van der Waals surface area contributed by atoms with Crippen LogP contribution in [-0.4, -0.2) is 48.5 Å². The van der Waals surface area contributed by atoms with E-state index < -0.39 is 0 Å². The summed E-state index contributed by atoms with van der Waals surface area (Å²) in [4.78, 5) is 6.79. The van der Waals surface area contributed by atoms with Crippen LogP contribution in [0.25, 0.3) is 0 Å². The van der Waals surface area contributed by atoms with Crippen LogP contribution in [0.4, 0.5) is 0 Å². The lowest BCUT2D eigenvalue weighted by Crippen LogP contribution is -2.37. The van der Waals surface area contributed by atoms with Crippen molar-refractivity contribution in [2.75, 3.05) is 27.2 Å². The number of thioether (sulfide) groups is 1. The van der Waals surface area contributed by atoms with Crippen LogP contribution in [-0.2, 0) is 0 Å². The van der Waals surface area contributed by atoms with E-state index in [0.29, 0.717) is 6.04 Å². The van der Waals surface area contributed by atoms with Crippen LogP contribution in [0.2, 0.25) is 0 Å². The molecule has 0 radical (unpaired) electrons. The van der Waals surface area contributed by atoms with Crippen LogP contribution in [0.5, 0.6) is 0 Å². The average molecular weight is 227 g/mol. The molecule has 1 heterocycles. The number of hydrogen-bond donors (Lipinski definition) is 1. The Morgan fingerprint density at radius 2 is 2.27 bits per heavy atom. The third kappa shape index (κ3) is 3.11. The largest absolute Gasteiger partial charge is 0.363 e. The van der Waals surface area contributed by atoms with Gasteiger partial charge in [-0.15, -0.1) is 0 Å². The second kappa shape index (κ2) is 4.74. The van der Waals surface area contributed by atoms with Gasteiger partial charge in [0, 0.05) is 17.8 Å². The third-order valence-electron chi connectivity index (χ3n) is 3.26. The van der Waals surface area contributed by atoms with Crippen molar-refractivity contribution in [1.82, 2.24) is 10.2 Å². The Labute approximate surface area is 96.7 Å². The molecule has 2 atom stereocenters. The second-order valence-electron chi connectivity index (χ2n) is 4.83. The van der Waals surface area contributed by atoms with E-state index in [1.54, 1.807) is 0 Å². The van der Waals surface area contributed by atoms with Crippen molar-refractivity contribution >= 4 is 16.9 Å². The van der Waals surface area contributed by atoms with E-state index >= 15 is 0 Å². The number of rotatable bonds is 4. The van der Waals surface area contributed by atoms with Crippen molar-refractivity contribution < 1.29 is 0 Å². The summed E-state index contributed by atoms with van der Waals surface area (Å²) in [6, 6.07) is 0.563. The highest BCUT2D eigenvalue weighted by atomic mass is 32.2. The van der Waals surface area contributed by atoms with E-state index in [1.165, 1.54) is 18.0 Å². The zero-order valence-electron chi connectivity index (χ0n) is 9.86. The fraction of sp³-hybridized carbons (Fsp3) is 0.909. The number of aliphatic imine (C=N–C) groups is 1. The molecule has 0 saturated heterocycles. The van der Waals surface area contributed by atoms with Crippen molar-refractivity contribution in [3.05, 3.63) is 0 Å². The summed E-state index contributed by atoms with van der Waals surface area (Å²) >= 11 is 1.96. The summed E-state index contributed by atoms with van der Waals surface area (Å²) in [6.45, 7) is 4.26. The topological polar surface area (TPSA) is 27.6 Å². The minimum Gasteiger partial charge on any atom is -0.363 e. The van der Waals surface area contributed by atoms with Gasteiger partial charge in [0.15, 0.2) is 5.17 Å². The van der Waals surface area contributed by atoms with Crippen molar-refractivity contribution in [1.29, 1.82) is 0 Å². The maximum Gasteiger partial charge on any atom is 0.156 e. The van der Waals surface area contributed by atoms with Gasteiger partial charge in [0.25, 0.3) is 0 Å². The first-order valence-corrected chi connectivity index (χ1v) is 6.66. The van der Waals surface area contributed by atoms with Crippen molar-refractivity contribution in [3.8, 4) is 0 Å². The van der Waals surface area contributed by atoms with Gasteiger partial charge in [0.1, 0.15) is 0 Å². The SMILES string of the molecule is CC(CNC1=NCC(C2CC2)S1)N(C)C. The zero-order chi connectivity index (χ0) is 10.8. The Kier molecular flexibility index (Phi) is 3.57. The molecule has 1 N–H and O–H groups in total. The number of nitrogens with one attached hydrogen (secondary N) is 1. The highest BCUT2D eigenvalue weighted by Crippen LogP contribution is 2.41. The van der Waals surface area contributed by atoms with Gasteiger partial charge in [-0.3, -0.25) is 4.99 Å². The van der Waals surface area contributed by atoms with Crippen LogP contribution in [0.3, 0.4) is 0 Å². The molecule has 1 aliphatic carbocycles. The number of nitrogens with zero attached hydrogens (tertiary/aromatic N) is 2. The number of amidine groups is 1. The lowest BCUT2D eigenvalue weighted by Gasteiger charge is -2.20. The van der Waals surface area contributed by atoms with Crippen molar-refractivity contribution in [3.63, 3.8) is 0 Å². The summed E-state index contributed by atoms with van der Waals surface area (Å²) in [5, 5.41) is 5.39. The number of hydrogen-bond acceptors (Lipinski definition) is 4. The summed E-state index contributed by atoms with van der Waals surface area (Å²) in [5.74, 6) is 0.962. The second-order valence-corrected chi connectivity index (χ2v) is 6.06. The highest BCUT2D eigenvalue weighted by molar-refractivity contribution is 8.14. The molecule has 0 aromatic carbocycles. The molecule has 0 bridgehead atoms. The third-order valence-corrected chi connectivity index (χ3v) is 4.59. The molecule has 86 valence electrons. The predicted octanol–water partition coefficient (Wildman–Crippen LogP) is 1.41. The Morgan fingerprint density at radius 1 is 1.53 bits per heavy atom. The fourth-order valence-electron chi connectivity index (χ4n) is 1.62. The Balaban J connectivity index is 1.67. The van der Waals surface area contributed by atoms with Crippen LogP contribution < -0.4 is 5.32 Å². The summed E-state index contributed by atoms with van der Waals surface area (Å²) in [6.07, 6.45) is 2.85. The molecule has 0 aromatic rings. The van der Waals surface area contributed by atoms with E-state index in [4.69, 9.17) is 0 Å². The van der Waals surface area contributed by atoms with Gasteiger partial charge in [-0.05, 0) is 39.8 Å². The molecule has 0 amide bonds. The van der Waals surface area contributed by atoms with Gasteiger partial charge in [-0.25, -0.2) is 0 Å². The van der Waals surface area contributed by atoms with E-state index in [1.807, 2.05) is 11.8 Å². The molecule has 2 aliphatic rings.